The van der Waals surface area contributed by atoms with E-state index in [9.17, 15) is 8.78 Å². The summed E-state index contributed by atoms with van der Waals surface area (Å²) < 4.78 is 53.0. The highest BCUT2D eigenvalue weighted by Crippen LogP contribution is 2.41. The smallest absolute Gasteiger partial charge is 0.200 e. The van der Waals surface area contributed by atoms with Crippen LogP contribution >= 0.6 is 11.6 Å². The van der Waals surface area contributed by atoms with Crippen LogP contribution in [-0.4, -0.2) is 42.7 Å². The minimum absolute atomic E-state index is 0.0000871. The molecule has 1 fully saturated rings. The van der Waals surface area contributed by atoms with E-state index in [1.54, 1.807) is 0 Å². The molecule has 1 saturated heterocycles. The van der Waals surface area contributed by atoms with Gasteiger partial charge < -0.3 is 29.2 Å². The van der Waals surface area contributed by atoms with Gasteiger partial charge in [0.05, 0.1) is 56.9 Å². The molecule has 9 heteroatoms. The fourth-order valence-electron chi connectivity index (χ4n) is 6.98. The first-order chi connectivity index (χ1) is 30.3. The Morgan fingerprint density at radius 3 is 1.66 bits per heavy atom. The van der Waals surface area contributed by atoms with Gasteiger partial charge in [-0.2, -0.15) is 4.39 Å². The van der Waals surface area contributed by atoms with E-state index < -0.39 is 11.6 Å². The summed E-state index contributed by atoms with van der Waals surface area (Å²) >= 11 is 6.86. The quantitative estimate of drug-likeness (QED) is 0.127. The third-order valence-electron chi connectivity index (χ3n) is 10.1. The average Bonchev–Trinajstić information content (AvgIpc) is 3.33. The first kappa shape index (κ1) is 47.6. The van der Waals surface area contributed by atoms with Crippen LogP contribution in [0.1, 0.15) is 59.3 Å². The highest BCUT2D eigenvalue weighted by atomic mass is 35.5. The number of fused-ring (bicyclic) bond motifs is 1. The maximum atomic E-state index is 14.9. The largest absolute Gasteiger partial charge is 0.494 e. The van der Waals surface area contributed by atoms with Crippen LogP contribution in [0.3, 0.4) is 0 Å². The van der Waals surface area contributed by atoms with Crippen molar-refractivity contribution < 1.29 is 37.9 Å². The van der Waals surface area contributed by atoms with Crippen molar-refractivity contribution >= 4 is 22.4 Å². The van der Waals surface area contributed by atoms with Crippen molar-refractivity contribution in [2.45, 2.75) is 64.3 Å². The molecule has 7 aromatic rings. The third-order valence-corrected chi connectivity index (χ3v) is 10.5. The summed E-state index contributed by atoms with van der Waals surface area (Å²) in [5.41, 5.74) is 4.87. The second-order valence-electron chi connectivity index (χ2n) is 14.5. The number of aliphatic hydroxyl groups excluding tert-OH is 2. The first-order valence-electron chi connectivity index (χ1n) is 20.7. The van der Waals surface area contributed by atoms with Gasteiger partial charge in [0.1, 0.15) is 0 Å². The predicted octanol–water partition coefficient (Wildman–Crippen LogP) is 12.3. The molecule has 0 saturated carbocycles. The van der Waals surface area contributed by atoms with Crippen LogP contribution in [-0.2, 0) is 40.5 Å². The monoisotopic (exact) mass is 860 g/mol. The van der Waals surface area contributed by atoms with E-state index in [2.05, 4.69) is 0 Å². The van der Waals surface area contributed by atoms with Crippen molar-refractivity contribution in [3.63, 3.8) is 0 Å². The van der Waals surface area contributed by atoms with E-state index in [0.717, 1.165) is 39.4 Å². The molecule has 0 spiro atoms. The lowest BCUT2D eigenvalue weighted by Crippen LogP contribution is -2.36. The van der Waals surface area contributed by atoms with Crippen LogP contribution in [0, 0.1) is 11.6 Å². The Hall–Kier alpha value is -5.45. The molecule has 0 aliphatic carbocycles. The van der Waals surface area contributed by atoms with Crippen LogP contribution in [0.15, 0.2) is 170 Å². The fraction of sp³-hybridized carbons (Fsp3) is 0.245. The standard InChI is InChI=1S/C33H33ClF2O4.2C7H8O.C6H6/c1-3-39-24-17-25(20-38-19-21-9-5-4-6-10-21)40-30(18-24)28-16-23(31(34)27-12-8-7-11-26(27)28)15-22-13-14-29(37-2)33(36)32(22)35;2*8-6-7-4-2-1-3-5-7;1-2-4-6-5-3-1/h4-14,16,24-25,30H,3,15,17-20H2,1-2H3;2*1-5,8H,6H2;1-6H. The normalized spacial score (nSPS) is 15.5. The fourth-order valence-corrected chi connectivity index (χ4v) is 7.27. The lowest BCUT2D eigenvalue weighted by molar-refractivity contribution is -0.137. The van der Waals surface area contributed by atoms with Gasteiger partial charge >= 0.3 is 0 Å². The number of hydrogen-bond donors (Lipinski definition) is 2. The molecule has 0 bridgehead atoms. The van der Waals surface area contributed by atoms with E-state index in [0.29, 0.717) is 36.8 Å². The number of aliphatic hydroxyl groups is 2. The molecule has 7 aromatic carbocycles. The Balaban J connectivity index is 0.000000264. The maximum Gasteiger partial charge on any atom is 0.200 e. The SMILES string of the molecule is CCOC1CC(COCc2ccccc2)OC(c2cc(Cc3ccc(OC)c(F)c3F)c(Cl)c3ccccc23)C1.OCc1ccccc1.OCc1ccccc1.c1ccccc1. The van der Waals surface area contributed by atoms with Crippen molar-refractivity contribution in [1.82, 2.24) is 0 Å². The van der Waals surface area contributed by atoms with Gasteiger partial charge in [0.2, 0.25) is 5.82 Å². The second kappa shape index (κ2) is 26.1. The number of hydrogen-bond acceptors (Lipinski definition) is 6. The van der Waals surface area contributed by atoms with Gasteiger partial charge in [-0.25, -0.2) is 4.39 Å². The molecule has 1 heterocycles. The summed E-state index contributed by atoms with van der Waals surface area (Å²) in [6, 6.07) is 53.9. The summed E-state index contributed by atoms with van der Waals surface area (Å²) in [6.45, 7) is 3.81. The predicted molar refractivity (Wildman–Crippen MR) is 244 cm³/mol. The van der Waals surface area contributed by atoms with Crippen LogP contribution < -0.4 is 4.74 Å². The van der Waals surface area contributed by atoms with Crippen molar-refractivity contribution in [1.29, 1.82) is 0 Å². The second-order valence-corrected chi connectivity index (χ2v) is 14.8. The molecule has 1 aliphatic heterocycles. The van der Waals surface area contributed by atoms with Crippen molar-refractivity contribution in [3.8, 4) is 5.75 Å². The van der Waals surface area contributed by atoms with Gasteiger partial charge in [-0.3, -0.25) is 0 Å². The third kappa shape index (κ3) is 14.6. The number of rotatable bonds is 12. The molecule has 6 nitrogen and oxygen atoms in total. The van der Waals surface area contributed by atoms with Crippen LogP contribution in [0.2, 0.25) is 5.02 Å². The molecule has 3 atom stereocenters. The molecule has 0 amide bonds. The van der Waals surface area contributed by atoms with Gasteiger partial charge in [-0.1, -0.05) is 175 Å². The lowest BCUT2D eigenvalue weighted by Gasteiger charge is -2.36. The zero-order chi connectivity index (χ0) is 43.9. The van der Waals surface area contributed by atoms with Gasteiger partial charge in [0.15, 0.2) is 11.6 Å². The molecule has 1 aliphatic rings. The molecule has 62 heavy (non-hydrogen) atoms. The van der Waals surface area contributed by atoms with Crippen LogP contribution in [0.5, 0.6) is 5.75 Å². The van der Waals surface area contributed by atoms with Crippen molar-refractivity contribution in [3.05, 3.63) is 220 Å². The topological polar surface area (TPSA) is 77.4 Å². The highest BCUT2D eigenvalue weighted by molar-refractivity contribution is 6.36. The lowest BCUT2D eigenvalue weighted by atomic mass is 9.89. The van der Waals surface area contributed by atoms with E-state index in [1.807, 2.05) is 165 Å². The summed E-state index contributed by atoms with van der Waals surface area (Å²) in [4.78, 5) is 0. The van der Waals surface area contributed by atoms with Gasteiger partial charge in [-0.15, -0.1) is 0 Å². The maximum absolute atomic E-state index is 14.9. The molecular weight excluding hydrogens is 806 g/mol. The minimum Gasteiger partial charge on any atom is -0.494 e. The average molecular weight is 861 g/mol. The van der Waals surface area contributed by atoms with Crippen LogP contribution in [0.25, 0.3) is 10.8 Å². The molecule has 0 aromatic heterocycles. The molecule has 8 rings (SSSR count). The Morgan fingerprint density at radius 1 is 0.629 bits per heavy atom. The van der Waals surface area contributed by atoms with Gasteiger partial charge in [0.25, 0.3) is 0 Å². The van der Waals surface area contributed by atoms with E-state index >= 15 is 0 Å². The minimum atomic E-state index is -1.01. The number of halogens is 3. The van der Waals surface area contributed by atoms with Gasteiger partial charge in [0, 0.05) is 31.3 Å². The number of benzene rings is 7. The van der Waals surface area contributed by atoms with Crippen LogP contribution in [0.4, 0.5) is 8.78 Å². The number of methoxy groups -OCH3 is 1. The molecule has 2 N–H and O–H groups in total. The molecular formula is C53H55ClF2O6. The van der Waals surface area contributed by atoms with E-state index in [4.69, 9.17) is 40.8 Å². The number of ether oxygens (including phenoxy) is 4. The Labute approximate surface area is 369 Å². The Bertz CT molecular complexity index is 2250. The highest BCUT2D eigenvalue weighted by Gasteiger charge is 2.33. The zero-order valence-electron chi connectivity index (χ0n) is 35.2. The van der Waals surface area contributed by atoms with Crippen molar-refractivity contribution in [2.24, 2.45) is 0 Å². The summed E-state index contributed by atoms with van der Waals surface area (Å²) in [5.74, 6) is -2.08. The first-order valence-corrected chi connectivity index (χ1v) is 21.1. The zero-order valence-corrected chi connectivity index (χ0v) is 36.0. The summed E-state index contributed by atoms with van der Waals surface area (Å²) in [6.07, 6.45) is 1.07. The Kier molecular flexibility index (Phi) is 20.1. The Morgan fingerprint density at radius 2 is 1.15 bits per heavy atom. The van der Waals surface area contributed by atoms with E-state index in [1.165, 1.54) is 19.2 Å². The summed E-state index contributed by atoms with van der Waals surface area (Å²) in [5, 5.41) is 19.4. The summed E-state index contributed by atoms with van der Waals surface area (Å²) in [7, 11) is 1.31. The molecule has 3 unspecified atom stereocenters. The van der Waals surface area contributed by atoms with E-state index in [-0.39, 0.29) is 49.3 Å². The van der Waals surface area contributed by atoms with Crippen molar-refractivity contribution in [2.75, 3.05) is 20.3 Å². The molecule has 0 radical (unpaired) electrons. The molecule has 324 valence electrons. The van der Waals surface area contributed by atoms with Gasteiger partial charge in [-0.05, 0) is 51.8 Å².